The Morgan fingerprint density at radius 3 is 2.63 bits per heavy atom. The largest absolute Gasteiger partial charge is 0.391 e. The van der Waals surface area contributed by atoms with Gasteiger partial charge in [-0.15, -0.1) is 0 Å². The summed E-state index contributed by atoms with van der Waals surface area (Å²) in [6.45, 7) is 5.92. The molecule has 1 heterocycles. The fraction of sp³-hybridized carbons (Fsp3) is 0.538. The average molecular weight is 286 g/mol. The molecule has 0 bridgehead atoms. The van der Waals surface area contributed by atoms with E-state index in [0.717, 1.165) is 0 Å². The first-order valence-electron chi connectivity index (χ1n) is 6.05. The first kappa shape index (κ1) is 15.7. The molecular formula is C13H20ClN3O2. The molecule has 1 atom stereocenters. The zero-order valence-electron chi connectivity index (χ0n) is 11.6. The maximum absolute atomic E-state index is 12.0. The van der Waals surface area contributed by atoms with Crippen LogP contribution < -0.4 is 10.6 Å². The van der Waals surface area contributed by atoms with Gasteiger partial charge in [0, 0.05) is 19.2 Å². The van der Waals surface area contributed by atoms with Crippen molar-refractivity contribution in [2.75, 3.05) is 18.9 Å². The molecule has 1 unspecified atom stereocenters. The lowest BCUT2D eigenvalue weighted by Crippen LogP contribution is -2.39. The van der Waals surface area contributed by atoms with Gasteiger partial charge in [-0.1, -0.05) is 32.4 Å². The Bertz CT molecular complexity index is 458. The summed E-state index contributed by atoms with van der Waals surface area (Å²) in [5.41, 5.74) is 0.129. The summed E-state index contributed by atoms with van der Waals surface area (Å²) in [4.78, 5) is 16.0. The van der Waals surface area contributed by atoms with E-state index in [1.807, 2.05) is 20.8 Å². The van der Waals surface area contributed by atoms with E-state index in [-0.39, 0.29) is 23.0 Å². The number of aromatic nitrogens is 1. The van der Waals surface area contributed by atoms with Gasteiger partial charge in [0.15, 0.2) is 0 Å². The Kier molecular flexibility index (Phi) is 5.14. The first-order valence-corrected chi connectivity index (χ1v) is 6.43. The molecule has 6 heteroatoms. The van der Waals surface area contributed by atoms with Crippen LogP contribution in [0, 0.1) is 5.41 Å². The molecule has 1 aromatic rings. The van der Waals surface area contributed by atoms with E-state index in [1.54, 1.807) is 13.1 Å². The number of hydrogen-bond acceptors (Lipinski definition) is 4. The van der Waals surface area contributed by atoms with Crippen molar-refractivity contribution < 1.29 is 9.90 Å². The number of halogens is 1. The summed E-state index contributed by atoms with van der Waals surface area (Å²) in [5, 5.41) is 15.6. The number of hydrogen-bond donors (Lipinski definition) is 3. The third-order valence-electron chi connectivity index (χ3n) is 2.77. The Morgan fingerprint density at radius 2 is 2.11 bits per heavy atom. The third-order valence-corrected chi connectivity index (χ3v) is 2.96. The van der Waals surface area contributed by atoms with E-state index < -0.39 is 6.10 Å². The zero-order valence-corrected chi connectivity index (χ0v) is 12.4. The molecule has 1 aromatic heterocycles. The molecule has 19 heavy (non-hydrogen) atoms. The summed E-state index contributed by atoms with van der Waals surface area (Å²) in [6, 6.07) is 3.09. The Morgan fingerprint density at radius 1 is 1.47 bits per heavy atom. The standard InChI is InChI=1S/C13H20ClN3O2/c1-13(2,3)9(18)7-16-12(19)8-5-10(14)17-11(6-8)15-4/h5-6,9,18H,7H2,1-4H3,(H,15,17)(H,16,19). The maximum Gasteiger partial charge on any atom is 0.251 e. The minimum absolute atomic E-state index is 0.192. The molecule has 1 amide bonds. The van der Waals surface area contributed by atoms with Crippen LogP contribution in [0.15, 0.2) is 12.1 Å². The Balaban J connectivity index is 2.71. The van der Waals surface area contributed by atoms with E-state index in [2.05, 4.69) is 15.6 Å². The summed E-state index contributed by atoms with van der Waals surface area (Å²) < 4.78 is 0. The summed E-state index contributed by atoms with van der Waals surface area (Å²) in [5.74, 6) is 0.234. The van der Waals surface area contributed by atoms with Crippen molar-refractivity contribution in [3.05, 3.63) is 22.8 Å². The second-order valence-electron chi connectivity index (χ2n) is 5.41. The van der Waals surface area contributed by atoms with Crippen molar-refractivity contribution in [2.24, 2.45) is 5.41 Å². The molecule has 3 N–H and O–H groups in total. The number of nitrogens with one attached hydrogen (secondary N) is 2. The minimum atomic E-state index is -0.613. The molecule has 0 fully saturated rings. The van der Waals surface area contributed by atoms with E-state index in [1.165, 1.54) is 6.07 Å². The third kappa shape index (κ3) is 4.69. The van der Waals surface area contributed by atoms with E-state index >= 15 is 0 Å². The molecule has 106 valence electrons. The van der Waals surface area contributed by atoms with Gasteiger partial charge < -0.3 is 15.7 Å². The predicted molar refractivity (Wildman–Crippen MR) is 76.6 cm³/mol. The fourth-order valence-corrected chi connectivity index (χ4v) is 1.56. The highest BCUT2D eigenvalue weighted by Crippen LogP contribution is 2.18. The zero-order chi connectivity index (χ0) is 14.6. The average Bonchev–Trinajstić information content (AvgIpc) is 2.33. The summed E-state index contributed by atoms with van der Waals surface area (Å²) >= 11 is 5.83. The highest BCUT2D eigenvalue weighted by molar-refractivity contribution is 6.29. The number of carbonyl (C=O) groups excluding carboxylic acids is 1. The number of rotatable bonds is 4. The van der Waals surface area contributed by atoms with Gasteiger partial charge in [-0.25, -0.2) is 4.98 Å². The molecule has 0 radical (unpaired) electrons. The number of carbonyl (C=O) groups is 1. The second-order valence-corrected chi connectivity index (χ2v) is 5.79. The lowest BCUT2D eigenvalue weighted by atomic mass is 9.89. The predicted octanol–water partition coefficient (Wildman–Crippen LogP) is 1.91. The Labute approximate surface area is 118 Å². The van der Waals surface area contributed by atoms with Crippen LogP contribution in [0.5, 0.6) is 0 Å². The van der Waals surface area contributed by atoms with Gasteiger partial charge in [-0.2, -0.15) is 0 Å². The van der Waals surface area contributed by atoms with E-state index in [4.69, 9.17) is 11.6 Å². The summed E-state index contributed by atoms with van der Waals surface area (Å²) in [7, 11) is 1.70. The van der Waals surface area contributed by atoms with Crippen molar-refractivity contribution in [2.45, 2.75) is 26.9 Å². The van der Waals surface area contributed by atoms with Crippen molar-refractivity contribution in [1.29, 1.82) is 0 Å². The van der Waals surface area contributed by atoms with Gasteiger partial charge in [0.25, 0.3) is 5.91 Å². The summed E-state index contributed by atoms with van der Waals surface area (Å²) in [6.07, 6.45) is -0.613. The molecule has 0 saturated carbocycles. The van der Waals surface area contributed by atoms with Crippen LogP contribution in [-0.2, 0) is 0 Å². The van der Waals surface area contributed by atoms with Crippen LogP contribution in [0.2, 0.25) is 5.15 Å². The molecule has 0 spiro atoms. The smallest absolute Gasteiger partial charge is 0.251 e. The van der Waals surface area contributed by atoms with Crippen LogP contribution in [0.1, 0.15) is 31.1 Å². The van der Waals surface area contributed by atoms with Crippen LogP contribution in [0.4, 0.5) is 5.82 Å². The minimum Gasteiger partial charge on any atom is -0.391 e. The van der Waals surface area contributed by atoms with Gasteiger partial charge in [-0.05, 0) is 17.5 Å². The lowest BCUT2D eigenvalue weighted by molar-refractivity contribution is 0.0587. The van der Waals surface area contributed by atoms with Gasteiger partial charge in [0.1, 0.15) is 11.0 Å². The van der Waals surface area contributed by atoms with Gasteiger partial charge >= 0.3 is 0 Å². The molecule has 0 saturated heterocycles. The highest BCUT2D eigenvalue weighted by Gasteiger charge is 2.22. The Hall–Kier alpha value is -1.33. The van der Waals surface area contributed by atoms with Crippen molar-refractivity contribution in [3.8, 4) is 0 Å². The van der Waals surface area contributed by atoms with Crippen molar-refractivity contribution in [3.63, 3.8) is 0 Å². The maximum atomic E-state index is 12.0. The second kappa shape index (κ2) is 6.21. The van der Waals surface area contributed by atoms with Crippen LogP contribution in [-0.4, -0.2) is 35.7 Å². The van der Waals surface area contributed by atoms with Crippen LogP contribution in [0.25, 0.3) is 0 Å². The SMILES string of the molecule is CNc1cc(C(=O)NCC(O)C(C)(C)C)cc(Cl)n1. The lowest BCUT2D eigenvalue weighted by Gasteiger charge is -2.25. The molecule has 0 aromatic carbocycles. The van der Waals surface area contributed by atoms with Crippen LogP contribution >= 0.6 is 11.6 Å². The van der Waals surface area contributed by atoms with Crippen LogP contribution in [0.3, 0.4) is 0 Å². The molecule has 0 aliphatic rings. The van der Waals surface area contributed by atoms with E-state index in [9.17, 15) is 9.90 Å². The van der Waals surface area contributed by atoms with Gasteiger partial charge in [0.05, 0.1) is 6.10 Å². The molecule has 0 aliphatic heterocycles. The number of nitrogens with zero attached hydrogens (tertiary/aromatic N) is 1. The molecule has 0 aliphatic carbocycles. The van der Waals surface area contributed by atoms with Crippen molar-refractivity contribution >= 4 is 23.3 Å². The van der Waals surface area contributed by atoms with Crippen molar-refractivity contribution in [1.82, 2.24) is 10.3 Å². The quantitative estimate of drug-likeness (QED) is 0.739. The monoisotopic (exact) mass is 285 g/mol. The van der Waals surface area contributed by atoms with Gasteiger partial charge in [0.2, 0.25) is 0 Å². The number of aliphatic hydroxyl groups excluding tert-OH is 1. The highest BCUT2D eigenvalue weighted by atomic mass is 35.5. The van der Waals surface area contributed by atoms with Gasteiger partial charge in [-0.3, -0.25) is 4.79 Å². The topological polar surface area (TPSA) is 74.2 Å². The van der Waals surface area contributed by atoms with E-state index in [0.29, 0.717) is 11.4 Å². The number of aliphatic hydroxyl groups is 1. The number of pyridine rings is 1. The first-order chi connectivity index (χ1) is 8.74. The normalized spacial score (nSPS) is 12.9. The molecule has 1 rings (SSSR count). The molecule has 5 nitrogen and oxygen atoms in total. The number of amides is 1. The number of anilines is 1. The molecular weight excluding hydrogens is 266 g/mol. The fourth-order valence-electron chi connectivity index (χ4n) is 1.35.